The van der Waals surface area contributed by atoms with E-state index >= 15 is 0 Å². The average Bonchev–Trinajstić information content (AvgIpc) is 2.62. The number of nitrogens with zero attached hydrogens (tertiary/aromatic N) is 2. The molecule has 1 aliphatic carbocycles. The summed E-state index contributed by atoms with van der Waals surface area (Å²) in [5.74, 6) is -0.893. The minimum absolute atomic E-state index is 0.207. The third-order valence-corrected chi connectivity index (χ3v) is 4.62. The standard InChI is InChI=1S/C18H25N3O5/c1-4-26-16(24)18(10-6-5-7-11-18)19-14(22)9-8-13-12-20(2)17(25)21(3)15(13)23/h8-9,12H,4-7,10-11H2,1-3H3,(H,19,22)/b9-8+. The van der Waals surface area contributed by atoms with Crippen molar-refractivity contribution in [2.45, 2.75) is 44.6 Å². The van der Waals surface area contributed by atoms with E-state index in [0.29, 0.717) is 12.8 Å². The van der Waals surface area contributed by atoms with Crippen molar-refractivity contribution in [2.75, 3.05) is 6.61 Å². The lowest BCUT2D eigenvalue weighted by Crippen LogP contribution is -2.56. The first-order chi connectivity index (χ1) is 12.3. The van der Waals surface area contributed by atoms with Gasteiger partial charge in [-0.1, -0.05) is 19.3 Å². The fourth-order valence-corrected chi connectivity index (χ4v) is 3.20. The molecule has 8 heteroatoms. The molecule has 142 valence electrons. The zero-order valence-corrected chi connectivity index (χ0v) is 15.4. The second kappa shape index (κ2) is 8.16. The number of hydrogen-bond acceptors (Lipinski definition) is 5. The molecular formula is C18H25N3O5. The fourth-order valence-electron chi connectivity index (χ4n) is 3.20. The van der Waals surface area contributed by atoms with Crippen LogP contribution in [0.25, 0.3) is 6.08 Å². The Kier molecular flexibility index (Phi) is 6.18. The Balaban J connectivity index is 2.21. The third-order valence-electron chi connectivity index (χ3n) is 4.62. The molecule has 1 aliphatic rings. The number of esters is 1. The topological polar surface area (TPSA) is 99.4 Å². The number of carbonyl (C=O) groups excluding carboxylic acids is 2. The molecule has 0 atom stereocenters. The number of hydrogen-bond donors (Lipinski definition) is 1. The lowest BCUT2D eigenvalue weighted by molar-refractivity contribution is -0.154. The molecule has 26 heavy (non-hydrogen) atoms. The van der Waals surface area contributed by atoms with Gasteiger partial charge in [0.15, 0.2) is 0 Å². The van der Waals surface area contributed by atoms with Gasteiger partial charge in [0.1, 0.15) is 5.54 Å². The number of ether oxygens (including phenoxy) is 1. The quantitative estimate of drug-likeness (QED) is 0.606. The highest BCUT2D eigenvalue weighted by atomic mass is 16.5. The van der Waals surface area contributed by atoms with Crippen LogP contribution in [0.3, 0.4) is 0 Å². The van der Waals surface area contributed by atoms with Crippen molar-refractivity contribution in [3.05, 3.63) is 38.7 Å². The SMILES string of the molecule is CCOC(=O)C1(NC(=O)/C=C/c2cn(C)c(=O)n(C)c2=O)CCCCC1. The van der Waals surface area contributed by atoms with E-state index in [4.69, 9.17) is 4.74 Å². The van der Waals surface area contributed by atoms with E-state index in [1.54, 1.807) is 6.92 Å². The Morgan fingerprint density at radius 2 is 1.88 bits per heavy atom. The second-order valence-corrected chi connectivity index (χ2v) is 6.53. The van der Waals surface area contributed by atoms with E-state index in [1.807, 2.05) is 0 Å². The van der Waals surface area contributed by atoms with E-state index in [2.05, 4.69) is 5.32 Å². The molecule has 1 saturated carbocycles. The normalized spacial score (nSPS) is 16.4. The van der Waals surface area contributed by atoms with Crippen molar-refractivity contribution < 1.29 is 14.3 Å². The summed E-state index contributed by atoms with van der Waals surface area (Å²) in [5.41, 5.74) is -1.74. The molecule has 1 N–H and O–H groups in total. The van der Waals surface area contributed by atoms with Crippen LogP contribution in [0, 0.1) is 0 Å². The molecule has 0 spiro atoms. The highest BCUT2D eigenvalue weighted by Crippen LogP contribution is 2.29. The molecule has 1 aromatic heterocycles. The summed E-state index contributed by atoms with van der Waals surface area (Å²) in [6.45, 7) is 1.98. The van der Waals surface area contributed by atoms with Gasteiger partial charge in [-0.25, -0.2) is 9.59 Å². The summed E-state index contributed by atoms with van der Waals surface area (Å²) in [6.07, 6.45) is 7.68. The molecule has 1 heterocycles. The molecule has 1 aromatic rings. The Bertz CT molecular complexity index is 828. The number of amides is 1. The molecule has 8 nitrogen and oxygen atoms in total. The van der Waals surface area contributed by atoms with Crippen LogP contribution in [0.15, 0.2) is 21.9 Å². The van der Waals surface area contributed by atoms with Gasteiger partial charge in [-0.2, -0.15) is 0 Å². The first-order valence-corrected chi connectivity index (χ1v) is 8.75. The molecule has 0 saturated heterocycles. The van der Waals surface area contributed by atoms with Crippen LogP contribution < -0.4 is 16.6 Å². The van der Waals surface area contributed by atoms with E-state index < -0.39 is 28.7 Å². The fraction of sp³-hybridized carbons (Fsp3) is 0.556. The van der Waals surface area contributed by atoms with E-state index in [-0.39, 0.29) is 12.2 Å². The van der Waals surface area contributed by atoms with Gasteiger partial charge < -0.3 is 14.6 Å². The Labute approximate surface area is 151 Å². The highest BCUT2D eigenvalue weighted by molar-refractivity contribution is 5.96. The monoisotopic (exact) mass is 363 g/mol. The van der Waals surface area contributed by atoms with Crippen molar-refractivity contribution in [3.8, 4) is 0 Å². The van der Waals surface area contributed by atoms with Gasteiger partial charge in [0.2, 0.25) is 5.91 Å². The summed E-state index contributed by atoms with van der Waals surface area (Å²) < 4.78 is 7.38. The van der Waals surface area contributed by atoms with Gasteiger partial charge >= 0.3 is 11.7 Å². The number of rotatable bonds is 5. The van der Waals surface area contributed by atoms with Crippen molar-refractivity contribution in [3.63, 3.8) is 0 Å². The largest absolute Gasteiger partial charge is 0.464 e. The first-order valence-electron chi connectivity index (χ1n) is 8.75. The molecule has 2 rings (SSSR count). The summed E-state index contributed by atoms with van der Waals surface area (Å²) in [5, 5.41) is 2.77. The summed E-state index contributed by atoms with van der Waals surface area (Å²) >= 11 is 0. The smallest absolute Gasteiger partial charge is 0.331 e. The third kappa shape index (κ3) is 4.12. The van der Waals surface area contributed by atoms with Crippen LogP contribution in [-0.4, -0.2) is 33.2 Å². The Morgan fingerprint density at radius 1 is 1.23 bits per heavy atom. The van der Waals surface area contributed by atoms with Crippen molar-refractivity contribution in [1.82, 2.24) is 14.5 Å². The molecule has 0 bridgehead atoms. The summed E-state index contributed by atoms with van der Waals surface area (Å²) in [4.78, 5) is 48.5. The Morgan fingerprint density at radius 3 is 2.50 bits per heavy atom. The van der Waals surface area contributed by atoms with Crippen LogP contribution in [0.5, 0.6) is 0 Å². The van der Waals surface area contributed by atoms with Crippen LogP contribution in [0.2, 0.25) is 0 Å². The zero-order valence-electron chi connectivity index (χ0n) is 15.4. The van der Waals surface area contributed by atoms with Gasteiger partial charge in [0.05, 0.1) is 12.2 Å². The predicted octanol–water partition coefficient (Wildman–Crippen LogP) is 0.479. The molecule has 0 radical (unpaired) electrons. The molecular weight excluding hydrogens is 338 g/mol. The number of nitrogens with one attached hydrogen (secondary N) is 1. The maximum Gasteiger partial charge on any atom is 0.331 e. The second-order valence-electron chi connectivity index (χ2n) is 6.53. The van der Waals surface area contributed by atoms with Gasteiger partial charge in [-0.3, -0.25) is 14.2 Å². The number of aryl methyl sites for hydroxylation is 1. The van der Waals surface area contributed by atoms with Crippen LogP contribution >= 0.6 is 0 Å². The maximum atomic E-state index is 12.4. The van der Waals surface area contributed by atoms with Crippen LogP contribution in [0.4, 0.5) is 0 Å². The van der Waals surface area contributed by atoms with Crippen LogP contribution in [-0.2, 0) is 28.4 Å². The van der Waals surface area contributed by atoms with Gasteiger partial charge in [-0.15, -0.1) is 0 Å². The predicted molar refractivity (Wildman–Crippen MR) is 96.5 cm³/mol. The number of aromatic nitrogens is 2. The van der Waals surface area contributed by atoms with Crippen molar-refractivity contribution >= 4 is 18.0 Å². The zero-order chi connectivity index (χ0) is 19.3. The molecule has 1 fully saturated rings. The minimum Gasteiger partial charge on any atom is -0.464 e. The Hall–Kier alpha value is -2.64. The molecule has 0 aliphatic heterocycles. The highest BCUT2D eigenvalue weighted by Gasteiger charge is 2.41. The minimum atomic E-state index is -1.01. The summed E-state index contributed by atoms with van der Waals surface area (Å²) in [7, 11) is 2.90. The molecule has 1 amide bonds. The molecule has 0 aromatic carbocycles. The number of carbonyl (C=O) groups is 2. The van der Waals surface area contributed by atoms with Crippen molar-refractivity contribution in [1.29, 1.82) is 0 Å². The van der Waals surface area contributed by atoms with Crippen LogP contribution in [0.1, 0.15) is 44.6 Å². The van der Waals surface area contributed by atoms with Gasteiger partial charge in [-0.05, 0) is 25.8 Å². The van der Waals surface area contributed by atoms with Gasteiger partial charge in [0.25, 0.3) is 5.56 Å². The van der Waals surface area contributed by atoms with E-state index in [0.717, 1.165) is 23.8 Å². The maximum absolute atomic E-state index is 12.4. The van der Waals surface area contributed by atoms with Crippen molar-refractivity contribution in [2.24, 2.45) is 14.1 Å². The van der Waals surface area contributed by atoms with E-state index in [9.17, 15) is 19.2 Å². The lowest BCUT2D eigenvalue weighted by atomic mass is 9.81. The van der Waals surface area contributed by atoms with Gasteiger partial charge in [0, 0.05) is 26.4 Å². The first kappa shape index (κ1) is 19.7. The molecule has 0 unspecified atom stereocenters. The van der Waals surface area contributed by atoms with E-state index in [1.165, 1.54) is 37.0 Å². The lowest BCUT2D eigenvalue weighted by Gasteiger charge is -2.35. The summed E-state index contributed by atoms with van der Waals surface area (Å²) in [6, 6.07) is 0. The average molecular weight is 363 g/mol.